The number of amides is 1. The minimum atomic E-state index is -4.23. The van der Waals surface area contributed by atoms with Gasteiger partial charge in [0.2, 0.25) is 10.0 Å². The Morgan fingerprint density at radius 1 is 1.13 bits per heavy atom. The summed E-state index contributed by atoms with van der Waals surface area (Å²) in [6.07, 6.45) is -1.35. The second-order valence-corrected chi connectivity index (χ2v) is 10.4. The van der Waals surface area contributed by atoms with Gasteiger partial charge in [0.05, 0.1) is 22.3 Å². The molecule has 1 aromatic rings. The third kappa shape index (κ3) is 6.55. The van der Waals surface area contributed by atoms with Crippen LogP contribution in [0, 0.1) is 5.92 Å². The molecule has 31 heavy (non-hydrogen) atoms. The number of nitrogens with one attached hydrogen (secondary N) is 1. The molecule has 11 heteroatoms. The third-order valence-corrected chi connectivity index (χ3v) is 7.16. The van der Waals surface area contributed by atoms with Crippen molar-refractivity contribution < 1.29 is 27.5 Å². The molecule has 1 N–H and O–H groups in total. The van der Waals surface area contributed by atoms with E-state index in [1.807, 2.05) is 13.8 Å². The number of carbonyl (C=O) groups is 2. The highest BCUT2D eigenvalue weighted by atomic mass is 35.5. The number of nitrogens with zero attached hydrogens (tertiary/aromatic N) is 1. The Balaban J connectivity index is 2.14. The summed E-state index contributed by atoms with van der Waals surface area (Å²) in [4.78, 5) is 26.8. The number of rotatable bonds is 7. The van der Waals surface area contributed by atoms with Crippen molar-refractivity contribution in [3.63, 3.8) is 0 Å². The Kier molecular flexibility index (Phi) is 8.75. The first-order valence-corrected chi connectivity index (χ1v) is 12.2. The fourth-order valence-corrected chi connectivity index (χ4v) is 5.81. The topological polar surface area (TPSA) is 102 Å². The Labute approximate surface area is 193 Å². The number of morpholine rings is 1. The first-order valence-electron chi connectivity index (χ1n) is 9.94. The van der Waals surface area contributed by atoms with E-state index in [1.54, 1.807) is 18.7 Å². The van der Waals surface area contributed by atoms with Crippen molar-refractivity contribution in [2.24, 2.45) is 5.92 Å². The molecule has 0 aliphatic carbocycles. The van der Waals surface area contributed by atoms with Crippen LogP contribution in [-0.4, -0.2) is 62.6 Å². The molecule has 1 saturated heterocycles. The molecule has 0 saturated carbocycles. The largest absolute Gasteiger partial charge is 0.451 e. The average molecular weight is 495 g/mol. The molecular formula is C20H28Cl2N2O6S. The maximum atomic E-state index is 12.9. The van der Waals surface area contributed by atoms with E-state index in [2.05, 4.69) is 4.72 Å². The minimum Gasteiger partial charge on any atom is -0.451 e. The van der Waals surface area contributed by atoms with Gasteiger partial charge in [-0.3, -0.25) is 9.59 Å². The maximum Gasteiger partial charge on any atom is 0.325 e. The van der Waals surface area contributed by atoms with E-state index < -0.39 is 34.1 Å². The maximum absolute atomic E-state index is 12.9. The van der Waals surface area contributed by atoms with Crippen LogP contribution in [0.3, 0.4) is 0 Å². The highest BCUT2D eigenvalue weighted by Crippen LogP contribution is 2.29. The molecule has 1 amide bonds. The first kappa shape index (κ1) is 25.9. The number of hydrogen-bond donors (Lipinski definition) is 1. The van der Waals surface area contributed by atoms with Crippen molar-refractivity contribution in [2.75, 3.05) is 13.1 Å². The first-order chi connectivity index (χ1) is 14.3. The van der Waals surface area contributed by atoms with Crippen LogP contribution in [0.4, 0.5) is 0 Å². The smallest absolute Gasteiger partial charge is 0.325 e. The van der Waals surface area contributed by atoms with Crippen LogP contribution < -0.4 is 4.72 Å². The predicted molar refractivity (Wildman–Crippen MR) is 118 cm³/mol. The zero-order valence-corrected chi connectivity index (χ0v) is 20.4. The van der Waals surface area contributed by atoms with Crippen molar-refractivity contribution in [1.29, 1.82) is 0 Å². The zero-order chi connectivity index (χ0) is 23.5. The fraction of sp³-hybridized carbons (Fsp3) is 0.600. The standard InChI is InChI=1S/C20H28Cl2N2O6S/c1-11(2)17(23-31(27,28)18-15(21)7-6-8-16(18)22)20(26)30-14(5)19(25)24-9-12(3)29-13(4)10-24/h6-8,11-14,17,23H,9-10H2,1-5H3/t12-,13+,14-,17-/m0/s1. The second-order valence-electron chi connectivity index (χ2n) is 7.97. The predicted octanol–water partition coefficient (Wildman–Crippen LogP) is 2.86. The summed E-state index contributed by atoms with van der Waals surface area (Å²) < 4.78 is 39.0. The van der Waals surface area contributed by atoms with Crippen LogP contribution in [0.5, 0.6) is 0 Å². The number of halogens is 2. The van der Waals surface area contributed by atoms with E-state index >= 15 is 0 Å². The van der Waals surface area contributed by atoms with E-state index in [1.165, 1.54) is 25.1 Å². The van der Waals surface area contributed by atoms with Gasteiger partial charge in [0.15, 0.2) is 6.10 Å². The summed E-state index contributed by atoms with van der Waals surface area (Å²) in [6.45, 7) is 9.25. The molecule has 0 spiro atoms. The lowest BCUT2D eigenvalue weighted by Crippen LogP contribution is -2.52. The summed E-state index contributed by atoms with van der Waals surface area (Å²) >= 11 is 12.0. The van der Waals surface area contributed by atoms with E-state index in [0.29, 0.717) is 13.1 Å². The minimum absolute atomic E-state index is 0.0741. The second kappa shape index (κ2) is 10.5. The molecule has 1 aromatic carbocycles. The highest BCUT2D eigenvalue weighted by molar-refractivity contribution is 7.89. The van der Waals surface area contributed by atoms with Crippen molar-refractivity contribution in [1.82, 2.24) is 9.62 Å². The zero-order valence-electron chi connectivity index (χ0n) is 18.1. The number of esters is 1. The van der Waals surface area contributed by atoms with Gasteiger partial charge in [-0.2, -0.15) is 4.72 Å². The van der Waals surface area contributed by atoms with Gasteiger partial charge in [0.25, 0.3) is 5.91 Å². The Hall–Kier alpha value is -1.39. The molecule has 8 nitrogen and oxygen atoms in total. The van der Waals surface area contributed by atoms with Gasteiger partial charge in [0, 0.05) is 13.1 Å². The van der Waals surface area contributed by atoms with Gasteiger partial charge in [0.1, 0.15) is 10.9 Å². The van der Waals surface area contributed by atoms with Crippen LogP contribution in [0.15, 0.2) is 23.1 Å². The van der Waals surface area contributed by atoms with Gasteiger partial charge >= 0.3 is 5.97 Å². The molecule has 0 bridgehead atoms. The van der Waals surface area contributed by atoms with E-state index in [-0.39, 0.29) is 33.1 Å². The fourth-order valence-electron chi connectivity index (χ4n) is 3.33. The Morgan fingerprint density at radius 3 is 2.13 bits per heavy atom. The Morgan fingerprint density at radius 2 is 1.65 bits per heavy atom. The van der Waals surface area contributed by atoms with Crippen LogP contribution in [0.1, 0.15) is 34.6 Å². The van der Waals surface area contributed by atoms with Crippen molar-refractivity contribution in [3.05, 3.63) is 28.2 Å². The molecule has 4 atom stereocenters. The van der Waals surface area contributed by atoms with Gasteiger partial charge < -0.3 is 14.4 Å². The van der Waals surface area contributed by atoms with Crippen molar-refractivity contribution >= 4 is 45.1 Å². The quantitative estimate of drug-likeness (QED) is 0.584. The average Bonchev–Trinajstić information content (AvgIpc) is 2.64. The number of benzene rings is 1. The molecule has 0 radical (unpaired) electrons. The SMILES string of the molecule is CC(C)[C@H](NS(=O)(=O)c1c(Cl)cccc1Cl)C(=O)O[C@@H](C)C(=O)N1C[C@@H](C)O[C@@H](C)C1. The van der Waals surface area contributed by atoms with Crippen LogP contribution in [0.25, 0.3) is 0 Å². The number of carbonyl (C=O) groups excluding carboxylic acids is 2. The van der Waals surface area contributed by atoms with E-state index in [0.717, 1.165) is 0 Å². The highest BCUT2D eigenvalue weighted by Gasteiger charge is 2.35. The molecule has 0 aromatic heterocycles. The summed E-state index contributed by atoms with van der Waals surface area (Å²) in [5, 5.41) is -0.148. The molecule has 2 rings (SSSR count). The number of hydrogen-bond acceptors (Lipinski definition) is 6. The van der Waals surface area contributed by atoms with Gasteiger partial charge in [-0.15, -0.1) is 0 Å². The molecule has 1 aliphatic heterocycles. The summed E-state index contributed by atoms with van der Waals surface area (Å²) in [5.41, 5.74) is 0. The molecule has 0 unspecified atom stereocenters. The Bertz CT molecular complexity index is 894. The van der Waals surface area contributed by atoms with Crippen LogP contribution in [-0.2, 0) is 29.1 Å². The number of ether oxygens (including phenoxy) is 2. The van der Waals surface area contributed by atoms with Gasteiger partial charge in [-0.25, -0.2) is 8.42 Å². The molecule has 1 aliphatic rings. The van der Waals surface area contributed by atoms with Gasteiger partial charge in [-0.1, -0.05) is 43.1 Å². The lowest BCUT2D eigenvalue weighted by atomic mass is 10.1. The lowest BCUT2D eigenvalue weighted by Gasteiger charge is -2.36. The van der Waals surface area contributed by atoms with E-state index in [9.17, 15) is 18.0 Å². The van der Waals surface area contributed by atoms with Crippen LogP contribution >= 0.6 is 23.2 Å². The summed E-state index contributed by atoms with van der Waals surface area (Å²) in [7, 11) is -4.23. The molecule has 174 valence electrons. The summed E-state index contributed by atoms with van der Waals surface area (Å²) in [6, 6.07) is 3.04. The van der Waals surface area contributed by atoms with Crippen LogP contribution in [0.2, 0.25) is 10.0 Å². The third-order valence-electron chi connectivity index (χ3n) is 4.76. The summed E-state index contributed by atoms with van der Waals surface area (Å²) in [5.74, 6) is -1.69. The number of sulfonamides is 1. The molecule has 1 fully saturated rings. The normalized spacial score (nSPS) is 21.6. The van der Waals surface area contributed by atoms with Crippen molar-refractivity contribution in [2.45, 2.75) is 63.9 Å². The van der Waals surface area contributed by atoms with E-state index in [4.69, 9.17) is 32.7 Å². The lowest BCUT2D eigenvalue weighted by molar-refractivity contribution is -0.166. The monoisotopic (exact) mass is 494 g/mol. The van der Waals surface area contributed by atoms with Crippen molar-refractivity contribution in [3.8, 4) is 0 Å². The molecule has 1 heterocycles. The molecular weight excluding hydrogens is 467 g/mol. The van der Waals surface area contributed by atoms with Gasteiger partial charge in [-0.05, 0) is 38.8 Å².